The van der Waals surface area contributed by atoms with Crippen LogP contribution in [0.15, 0.2) is 48.5 Å². The number of nitrogens with one attached hydrogen (secondary N) is 1. The summed E-state index contributed by atoms with van der Waals surface area (Å²) in [6.45, 7) is 7.80. The average molecular weight is 474 g/mol. The van der Waals surface area contributed by atoms with Crippen molar-refractivity contribution in [3.8, 4) is 0 Å². The minimum Gasteiger partial charge on any atom is -0.355 e. The largest absolute Gasteiger partial charge is 0.355 e. The Kier molecular flexibility index (Phi) is 9.46. The van der Waals surface area contributed by atoms with Crippen molar-refractivity contribution in [1.29, 1.82) is 0 Å². The van der Waals surface area contributed by atoms with Crippen molar-refractivity contribution in [2.45, 2.75) is 46.6 Å². The molecule has 33 heavy (non-hydrogen) atoms. The Hall–Kier alpha value is -2.87. The monoisotopic (exact) mass is 473 g/mol. The zero-order valence-corrected chi connectivity index (χ0v) is 21.0. The molecule has 2 rings (SSSR count). The first kappa shape index (κ1) is 26.4. The third kappa shape index (κ3) is 7.05. The Morgan fingerprint density at radius 2 is 1.67 bits per heavy atom. The Labute approximate surface area is 197 Å². The van der Waals surface area contributed by atoms with Gasteiger partial charge in [0.2, 0.25) is 21.8 Å². The van der Waals surface area contributed by atoms with Crippen molar-refractivity contribution in [2.75, 3.05) is 30.2 Å². The van der Waals surface area contributed by atoms with Gasteiger partial charge < -0.3 is 10.2 Å². The molecule has 2 amide bonds. The molecule has 7 nitrogen and oxygen atoms in total. The van der Waals surface area contributed by atoms with E-state index in [9.17, 15) is 18.0 Å². The van der Waals surface area contributed by atoms with Gasteiger partial charge in [0.1, 0.15) is 12.6 Å². The van der Waals surface area contributed by atoms with Crippen LogP contribution >= 0.6 is 0 Å². The standard InChI is InChI=1S/C25H35N3O4S/c1-6-22(25(30)26-7-2)27(17-16-21-13-9-8-10-14-21)24(29)18-28(33(5,31)32)23-15-11-12-19(3)20(23)4/h8-15,22H,6-7,16-18H2,1-5H3,(H,26,30)/t22-/m1/s1. The van der Waals surface area contributed by atoms with Crippen LogP contribution in [0.1, 0.15) is 37.0 Å². The minimum absolute atomic E-state index is 0.237. The van der Waals surface area contributed by atoms with E-state index in [2.05, 4.69) is 5.32 Å². The van der Waals surface area contributed by atoms with Crippen LogP contribution in [0.3, 0.4) is 0 Å². The Balaban J connectivity index is 2.39. The van der Waals surface area contributed by atoms with Gasteiger partial charge in [-0.2, -0.15) is 0 Å². The van der Waals surface area contributed by atoms with Gasteiger partial charge in [0, 0.05) is 13.1 Å². The second kappa shape index (κ2) is 11.8. The maximum absolute atomic E-state index is 13.5. The molecule has 2 aromatic carbocycles. The number of hydrogen-bond donors (Lipinski definition) is 1. The maximum Gasteiger partial charge on any atom is 0.244 e. The minimum atomic E-state index is -3.73. The number of nitrogens with zero attached hydrogens (tertiary/aromatic N) is 2. The number of aryl methyl sites for hydroxylation is 1. The number of carbonyl (C=O) groups excluding carboxylic acids is 2. The number of amides is 2. The van der Waals surface area contributed by atoms with Crippen molar-refractivity contribution in [1.82, 2.24) is 10.2 Å². The second-order valence-electron chi connectivity index (χ2n) is 8.13. The zero-order valence-electron chi connectivity index (χ0n) is 20.2. The highest BCUT2D eigenvalue weighted by Crippen LogP contribution is 2.25. The molecule has 0 unspecified atom stereocenters. The van der Waals surface area contributed by atoms with E-state index in [-0.39, 0.29) is 12.5 Å². The molecule has 0 aliphatic carbocycles. The molecule has 180 valence electrons. The van der Waals surface area contributed by atoms with Gasteiger partial charge in [-0.3, -0.25) is 13.9 Å². The van der Waals surface area contributed by atoms with Gasteiger partial charge in [-0.05, 0) is 56.4 Å². The van der Waals surface area contributed by atoms with Crippen LogP contribution in [0.4, 0.5) is 5.69 Å². The number of hydrogen-bond acceptors (Lipinski definition) is 4. The molecule has 0 aromatic heterocycles. The Morgan fingerprint density at radius 3 is 2.24 bits per heavy atom. The van der Waals surface area contributed by atoms with E-state index in [1.807, 2.05) is 64.1 Å². The summed E-state index contributed by atoms with van der Waals surface area (Å²) in [6, 6.07) is 14.4. The fraction of sp³-hybridized carbons (Fsp3) is 0.440. The lowest BCUT2D eigenvalue weighted by Crippen LogP contribution is -2.53. The maximum atomic E-state index is 13.5. The molecule has 0 heterocycles. The van der Waals surface area contributed by atoms with Crippen LogP contribution in [-0.4, -0.2) is 57.1 Å². The molecule has 8 heteroatoms. The molecule has 0 radical (unpaired) electrons. The van der Waals surface area contributed by atoms with E-state index in [1.54, 1.807) is 12.1 Å². The number of sulfonamides is 1. The van der Waals surface area contributed by atoms with Gasteiger partial charge in [0.05, 0.1) is 11.9 Å². The summed E-state index contributed by atoms with van der Waals surface area (Å²) in [4.78, 5) is 27.8. The number of carbonyl (C=O) groups is 2. The number of benzene rings is 2. The lowest BCUT2D eigenvalue weighted by atomic mass is 10.1. The molecule has 1 atom stereocenters. The highest BCUT2D eigenvalue weighted by molar-refractivity contribution is 7.92. The Morgan fingerprint density at radius 1 is 1.00 bits per heavy atom. The van der Waals surface area contributed by atoms with Gasteiger partial charge in [-0.15, -0.1) is 0 Å². The molecular weight excluding hydrogens is 438 g/mol. The fourth-order valence-electron chi connectivity index (χ4n) is 3.79. The van der Waals surface area contributed by atoms with Gasteiger partial charge >= 0.3 is 0 Å². The molecule has 0 aliphatic rings. The third-order valence-electron chi connectivity index (χ3n) is 5.75. The fourth-order valence-corrected chi connectivity index (χ4v) is 4.69. The molecule has 2 aromatic rings. The molecule has 0 saturated heterocycles. The first-order valence-electron chi connectivity index (χ1n) is 11.2. The summed E-state index contributed by atoms with van der Waals surface area (Å²) in [6.07, 6.45) is 2.08. The van der Waals surface area contributed by atoms with Crippen LogP contribution in [0.25, 0.3) is 0 Å². The lowest BCUT2D eigenvalue weighted by Gasteiger charge is -2.33. The molecule has 0 aliphatic heterocycles. The predicted molar refractivity (Wildman–Crippen MR) is 133 cm³/mol. The van der Waals surface area contributed by atoms with E-state index in [0.717, 1.165) is 27.3 Å². The van der Waals surface area contributed by atoms with Crippen LogP contribution in [0.2, 0.25) is 0 Å². The molecule has 0 bridgehead atoms. The summed E-state index contributed by atoms with van der Waals surface area (Å²) in [5, 5.41) is 2.80. The molecular formula is C25H35N3O4S. The summed E-state index contributed by atoms with van der Waals surface area (Å²) >= 11 is 0. The van der Waals surface area contributed by atoms with Crippen LogP contribution in [0, 0.1) is 13.8 Å². The lowest BCUT2D eigenvalue weighted by molar-refractivity contribution is -0.139. The van der Waals surface area contributed by atoms with E-state index >= 15 is 0 Å². The van der Waals surface area contributed by atoms with Gasteiger partial charge in [0.25, 0.3) is 0 Å². The van der Waals surface area contributed by atoms with E-state index < -0.39 is 22.0 Å². The number of likely N-dealkylation sites (N-methyl/N-ethyl adjacent to an activating group) is 1. The van der Waals surface area contributed by atoms with E-state index in [0.29, 0.717) is 31.6 Å². The van der Waals surface area contributed by atoms with Crippen molar-refractivity contribution in [2.24, 2.45) is 0 Å². The van der Waals surface area contributed by atoms with Crippen molar-refractivity contribution in [3.05, 3.63) is 65.2 Å². The smallest absolute Gasteiger partial charge is 0.244 e. The number of rotatable bonds is 11. The summed E-state index contributed by atoms with van der Waals surface area (Å²) < 4.78 is 26.5. The molecule has 0 saturated carbocycles. The molecule has 1 N–H and O–H groups in total. The van der Waals surface area contributed by atoms with Crippen LogP contribution < -0.4 is 9.62 Å². The molecule has 0 fully saturated rings. The second-order valence-corrected chi connectivity index (χ2v) is 10.0. The topological polar surface area (TPSA) is 86.8 Å². The van der Waals surface area contributed by atoms with E-state index in [1.165, 1.54) is 4.90 Å². The normalized spacial score (nSPS) is 12.2. The van der Waals surface area contributed by atoms with Gasteiger partial charge in [-0.25, -0.2) is 8.42 Å². The highest BCUT2D eigenvalue weighted by atomic mass is 32.2. The zero-order chi connectivity index (χ0) is 24.6. The average Bonchev–Trinajstić information content (AvgIpc) is 2.77. The van der Waals surface area contributed by atoms with Crippen LogP contribution in [-0.2, 0) is 26.0 Å². The predicted octanol–water partition coefficient (Wildman–Crippen LogP) is 3.06. The Bertz CT molecular complexity index is 1050. The van der Waals surface area contributed by atoms with Gasteiger partial charge in [-0.1, -0.05) is 49.4 Å². The first-order valence-corrected chi connectivity index (χ1v) is 13.1. The quantitative estimate of drug-likeness (QED) is 0.543. The highest BCUT2D eigenvalue weighted by Gasteiger charge is 2.31. The van der Waals surface area contributed by atoms with Crippen molar-refractivity contribution in [3.63, 3.8) is 0 Å². The van der Waals surface area contributed by atoms with E-state index in [4.69, 9.17) is 0 Å². The SMILES string of the molecule is CCNC(=O)[C@@H](CC)N(CCc1ccccc1)C(=O)CN(c1cccc(C)c1C)S(C)(=O)=O. The van der Waals surface area contributed by atoms with Gasteiger partial charge in [0.15, 0.2) is 0 Å². The summed E-state index contributed by atoms with van der Waals surface area (Å²) in [7, 11) is -3.73. The summed E-state index contributed by atoms with van der Waals surface area (Å²) in [5.41, 5.74) is 3.24. The van der Waals surface area contributed by atoms with Crippen molar-refractivity contribution >= 4 is 27.5 Å². The number of anilines is 1. The first-order chi connectivity index (χ1) is 15.6. The van der Waals surface area contributed by atoms with Crippen LogP contribution in [0.5, 0.6) is 0 Å². The van der Waals surface area contributed by atoms with Crippen molar-refractivity contribution < 1.29 is 18.0 Å². The third-order valence-corrected chi connectivity index (χ3v) is 6.87. The molecule has 0 spiro atoms. The summed E-state index contributed by atoms with van der Waals surface area (Å²) in [5.74, 6) is -0.644.